The number of amides is 1. The summed E-state index contributed by atoms with van der Waals surface area (Å²) in [6.07, 6.45) is 1.87. The predicted molar refractivity (Wildman–Crippen MR) is 126 cm³/mol. The number of rotatable bonds is 6. The van der Waals surface area contributed by atoms with Gasteiger partial charge < -0.3 is 9.73 Å². The van der Waals surface area contributed by atoms with Crippen LogP contribution in [0, 0.1) is 27.2 Å². The van der Waals surface area contributed by atoms with Crippen LogP contribution in [0.1, 0.15) is 40.3 Å². The van der Waals surface area contributed by atoms with Crippen molar-refractivity contribution in [2.75, 3.05) is 10.7 Å². The van der Waals surface area contributed by atoms with Crippen molar-refractivity contribution in [2.45, 2.75) is 26.2 Å². The molecule has 3 aromatic rings. The molecule has 0 saturated heterocycles. The lowest BCUT2D eigenvalue weighted by molar-refractivity contribution is -0.393. The van der Waals surface area contributed by atoms with Gasteiger partial charge in [-0.2, -0.15) is 5.10 Å². The number of hydrazone groups is 1. The van der Waals surface area contributed by atoms with Gasteiger partial charge in [0.15, 0.2) is 5.76 Å². The third-order valence-electron chi connectivity index (χ3n) is 5.31. The predicted octanol–water partition coefficient (Wildman–Crippen LogP) is 5.46. The highest BCUT2D eigenvalue weighted by Gasteiger charge is 2.28. The Bertz CT molecular complexity index is 1350. The molecule has 1 aromatic heterocycles. The van der Waals surface area contributed by atoms with E-state index in [-0.39, 0.29) is 11.4 Å². The fourth-order valence-electron chi connectivity index (χ4n) is 3.76. The average Bonchev–Trinajstić information content (AvgIpc) is 3.14. The molecule has 2 aromatic carbocycles. The van der Waals surface area contributed by atoms with Crippen LogP contribution in [-0.4, -0.2) is 21.5 Å². The number of carbonyl (C=O) groups excluding carboxylic acids is 1. The van der Waals surface area contributed by atoms with E-state index in [0.29, 0.717) is 52.6 Å². The van der Waals surface area contributed by atoms with Gasteiger partial charge in [-0.05, 0) is 44.0 Å². The van der Waals surface area contributed by atoms with Crippen LogP contribution < -0.4 is 10.7 Å². The molecular formula is C22H18ClN5O6. The molecule has 0 aliphatic heterocycles. The highest BCUT2D eigenvalue weighted by molar-refractivity contribution is 6.31. The Labute approximate surface area is 197 Å². The molecule has 0 saturated carbocycles. The van der Waals surface area contributed by atoms with Crippen LogP contribution in [0.5, 0.6) is 0 Å². The zero-order valence-electron chi connectivity index (χ0n) is 17.8. The van der Waals surface area contributed by atoms with Crippen LogP contribution in [0.4, 0.5) is 22.7 Å². The van der Waals surface area contributed by atoms with Crippen LogP contribution in [0.25, 0.3) is 0 Å². The SMILES string of the molecule is Cc1c(C(=O)Nc2cccc(Cl)c2)oc2c1/C(=N/Nc1ccc([N+](=O)[O-])cc1[N+](=O)[O-])CCC2. The van der Waals surface area contributed by atoms with Gasteiger partial charge in [0.05, 0.1) is 21.6 Å². The zero-order chi connectivity index (χ0) is 24.4. The highest BCUT2D eigenvalue weighted by Crippen LogP contribution is 2.32. The van der Waals surface area contributed by atoms with Gasteiger partial charge in [-0.15, -0.1) is 0 Å². The van der Waals surface area contributed by atoms with Crippen LogP contribution >= 0.6 is 11.6 Å². The number of halogens is 1. The van der Waals surface area contributed by atoms with Gasteiger partial charge in [0.25, 0.3) is 11.6 Å². The second-order valence-electron chi connectivity index (χ2n) is 7.56. The molecule has 11 nitrogen and oxygen atoms in total. The van der Waals surface area contributed by atoms with E-state index in [2.05, 4.69) is 15.8 Å². The molecule has 1 heterocycles. The lowest BCUT2D eigenvalue weighted by atomic mass is 9.93. The van der Waals surface area contributed by atoms with Crippen LogP contribution in [0.2, 0.25) is 5.02 Å². The Morgan fingerprint density at radius 2 is 1.91 bits per heavy atom. The standard InChI is InChI=1S/C22H18ClN5O6/c1-12-20-17(26-25-16-9-8-15(27(30)31)11-18(16)28(32)33)6-3-7-19(20)34-21(12)22(29)24-14-5-2-4-13(23)10-14/h2,4-5,8-11,25H,3,6-7H2,1H3,(H,24,29)/b26-17+. The summed E-state index contributed by atoms with van der Waals surface area (Å²) in [5.74, 6) is 0.298. The first-order valence-electron chi connectivity index (χ1n) is 10.2. The number of non-ortho nitro benzene ring substituents is 1. The smallest absolute Gasteiger partial charge is 0.301 e. The maximum Gasteiger partial charge on any atom is 0.301 e. The molecular weight excluding hydrogens is 466 g/mol. The number of furan rings is 1. The van der Waals surface area contributed by atoms with Crippen LogP contribution in [0.3, 0.4) is 0 Å². The minimum absolute atomic E-state index is 0.00953. The van der Waals surface area contributed by atoms with Crippen LogP contribution in [0.15, 0.2) is 52.0 Å². The van der Waals surface area contributed by atoms with Gasteiger partial charge in [-0.1, -0.05) is 17.7 Å². The molecule has 0 fully saturated rings. The number of carbonyl (C=O) groups is 1. The highest BCUT2D eigenvalue weighted by atomic mass is 35.5. The third-order valence-corrected chi connectivity index (χ3v) is 5.55. The molecule has 0 atom stereocenters. The van der Waals surface area contributed by atoms with Gasteiger partial charge in [0.2, 0.25) is 0 Å². The molecule has 0 bridgehead atoms. The Kier molecular flexibility index (Phi) is 6.28. The first kappa shape index (κ1) is 22.9. The molecule has 12 heteroatoms. The second-order valence-corrected chi connectivity index (χ2v) is 7.99. The summed E-state index contributed by atoms with van der Waals surface area (Å²) < 4.78 is 5.85. The van der Waals surface area contributed by atoms with E-state index < -0.39 is 27.1 Å². The van der Waals surface area contributed by atoms with Crippen molar-refractivity contribution in [3.05, 3.63) is 90.4 Å². The summed E-state index contributed by atoms with van der Waals surface area (Å²) in [6.45, 7) is 1.74. The fourth-order valence-corrected chi connectivity index (χ4v) is 3.95. The van der Waals surface area contributed by atoms with E-state index in [1.807, 2.05) is 0 Å². The Morgan fingerprint density at radius 3 is 2.62 bits per heavy atom. The molecule has 0 unspecified atom stereocenters. The molecule has 2 N–H and O–H groups in total. The molecule has 174 valence electrons. The fraction of sp³-hybridized carbons (Fsp3) is 0.182. The first-order chi connectivity index (χ1) is 16.2. The number of aryl methyl sites for hydroxylation is 1. The van der Waals surface area contributed by atoms with E-state index in [9.17, 15) is 25.0 Å². The summed E-state index contributed by atoms with van der Waals surface area (Å²) in [4.78, 5) is 33.7. The number of benzene rings is 2. The average molecular weight is 484 g/mol. The van der Waals surface area contributed by atoms with E-state index >= 15 is 0 Å². The van der Waals surface area contributed by atoms with Crippen molar-refractivity contribution < 1.29 is 19.1 Å². The van der Waals surface area contributed by atoms with Crippen LogP contribution in [-0.2, 0) is 6.42 Å². The number of hydrogen-bond acceptors (Lipinski definition) is 8. The molecule has 0 radical (unpaired) electrons. The summed E-state index contributed by atoms with van der Waals surface area (Å²) in [7, 11) is 0. The number of fused-ring (bicyclic) bond motifs is 1. The van der Waals surface area contributed by atoms with Gasteiger partial charge >= 0.3 is 5.69 Å². The molecule has 4 rings (SSSR count). The van der Waals surface area contributed by atoms with Gasteiger partial charge in [-0.3, -0.25) is 30.4 Å². The number of hydrogen-bond donors (Lipinski definition) is 2. The summed E-state index contributed by atoms with van der Waals surface area (Å²) in [5.41, 5.74) is 4.13. The Hall–Kier alpha value is -4.25. The largest absolute Gasteiger partial charge is 0.455 e. The number of anilines is 2. The lowest BCUT2D eigenvalue weighted by Crippen LogP contribution is -2.14. The van der Waals surface area contributed by atoms with Crippen molar-refractivity contribution in [2.24, 2.45) is 5.10 Å². The van der Waals surface area contributed by atoms with E-state index in [1.165, 1.54) is 6.07 Å². The number of nitro benzene ring substituents is 2. The quantitative estimate of drug-likeness (QED) is 0.348. The lowest BCUT2D eigenvalue weighted by Gasteiger charge is -2.13. The molecule has 34 heavy (non-hydrogen) atoms. The van der Waals surface area contributed by atoms with Crippen molar-refractivity contribution in [1.82, 2.24) is 0 Å². The molecule has 1 amide bonds. The normalized spacial score (nSPS) is 13.9. The van der Waals surface area contributed by atoms with Gasteiger partial charge in [0, 0.05) is 34.3 Å². The number of nitrogens with one attached hydrogen (secondary N) is 2. The van der Waals surface area contributed by atoms with Crippen molar-refractivity contribution in [3.63, 3.8) is 0 Å². The van der Waals surface area contributed by atoms with Crippen molar-refractivity contribution in [1.29, 1.82) is 0 Å². The zero-order valence-corrected chi connectivity index (χ0v) is 18.6. The van der Waals surface area contributed by atoms with Gasteiger partial charge in [0.1, 0.15) is 11.4 Å². The molecule has 1 aliphatic rings. The maximum atomic E-state index is 12.8. The van der Waals surface area contributed by atoms with Gasteiger partial charge in [-0.25, -0.2) is 0 Å². The minimum atomic E-state index is -0.719. The topological polar surface area (TPSA) is 153 Å². The summed E-state index contributed by atoms with van der Waals surface area (Å²) in [5, 5.41) is 29.9. The Morgan fingerprint density at radius 1 is 1.12 bits per heavy atom. The Balaban J connectivity index is 1.63. The monoisotopic (exact) mass is 483 g/mol. The van der Waals surface area contributed by atoms with E-state index in [4.69, 9.17) is 16.0 Å². The summed E-state index contributed by atoms with van der Waals surface area (Å²) >= 11 is 5.97. The molecule has 1 aliphatic carbocycles. The third kappa shape index (κ3) is 4.59. The second kappa shape index (κ2) is 9.32. The van der Waals surface area contributed by atoms with E-state index in [0.717, 1.165) is 12.1 Å². The number of nitrogens with zero attached hydrogens (tertiary/aromatic N) is 3. The molecule has 0 spiro atoms. The first-order valence-corrected chi connectivity index (χ1v) is 10.6. The van der Waals surface area contributed by atoms with Crippen molar-refractivity contribution >= 4 is 46.0 Å². The minimum Gasteiger partial charge on any atom is -0.455 e. The van der Waals surface area contributed by atoms with Crippen molar-refractivity contribution in [3.8, 4) is 0 Å². The number of nitro groups is 2. The maximum absolute atomic E-state index is 12.8. The van der Waals surface area contributed by atoms with E-state index in [1.54, 1.807) is 31.2 Å². The summed E-state index contributed by atoms with van der Waals surface area (Å²) in [6, 6.07) is 9.99.